The van der Waals surface area contributed by atoms with Gasteiger partial charge in [-0.15, -0.1) is 0 Å². The van der Waals surface area contributed by atoms with Crippen LogP contribution in [0.4, 0.5) is 0 Å². The Hall–Kier alpha value is -3.56. The number of aromatic nitrogens is 1. The van der Waals surface area contributed by atoms with Crippen LogP contribution >= 0.6 is 11.6 Å². The van der Waals surface area contributed by atoms with Gasteiger partial charge in [-0.1, -0.05) is 41.9 Å². The molecule has 3 aromatic rings. The molecule has 0 radical (unpaired) electrons. The number of aromatic hydroxyl groups is 1. The minimum atomic E-state index is -0.691. The van der Waals surface area contributed by atoms with E-state index in [1.807, 2.05) is 19.1 Å². The molecule has 0 aliphatic carbocycles. The lowest BCUT2D eigenvalue weighted by Gasteiger charge is -2.16. The first-order valence-corrected chi connectivity index (χ1v) is 9.53. The summed E-state index contributed by atoms with van der Waals surface area (Å²) >= 11 is 6.17. The zero-order chi connectivity index (χ0) is 21.8. The minimum Gasteiger partial charge on any atom is -0.494 e. The van der Waals surface area contributed by atoms with Gasteiger partial charge in [0.1, 0.15) is 17.4 Å². The number of aryl methyl sites for hydroxylation is 1. The molecule has 152 valence electrons. The monoisotopic (exact) mass is 422 g/mol. The number of nitriles is 1. The van der Waals surface area contributed by atoms with E-state index >= 15 is 0 Å². The molecular formula is C23H19ClN2O4. The smallest absolute Gasteiger partial charge is 0.271 e. The fourth-order valence-electron chi connectivity index (χ4n) is 3.15. The van der Waals surface area contributed by atoms with E-state index in [1.54, 1.807) is 42.5 Å². The molecule has 1 N–H and O–H groups in total. The zero-order valence-corrected chi connectivity index (χ0v) is 17.2. The van der Waals surface area contributed by atoms with Crippen molar-refractivity contribution < 1.29 is 14.6 Å². The van der Waals surface area contributed by atoms with E-state index in [0.717, 1.165) is 10.1 Å². The fraction of sp³-hybridized carbons (Fsp3) is 0.174. The van der Waals surface area contributed by atoms with Gasteiger partial charge in [0.15, 0.2) is 6.61 Å². The predicted octanol–water partition coefficient (Wildman–Crippen LogP) is 4.01. The number of benzene rings is 2. The van der Waals surface area contributed by atoms with Crippen LogP contribution in [-0.2, 0) is 6.54 Å². The second-order valence-corrected chi connectivity index (χ2v) is 7.23. The average molecular weight is 423 g/mol. The van der Waals surface area contributed by atoms with Crippen LogP contribution in [0.1, 0.15) is 32.6 Å². The third-order valence-electron chi connectivity index (χ3n) is 4.72. The number of rotatable bonds is 6. The largest absolute Gasteiger partial charge is 0.494 e. The van der Waals surface area contributed by atoms with Crippen LogP contribution in [0.25, 0.3) is 0 Å². The Kier molecular flexibility index (Phi) is 6.24. The molecule has 3 rings (SSSR count). The summed E-state index contributed by atoms with van der Waals surface area (Å²) in [5, 5.41) is 20.6. The molecule has 0 aliphatic heterocycles. The van der Waals surface area contributed by atoms with E-state index in [-0.39, 0.29) is 29.8 Å². The molecule has 0 bridgehead atoms. The van der Waals surface area contributed by atoms with Gasteiger partial charge in [-0.05, 0) is 48.7 Å². The molecule has 30 heavy (non-hydrogen) atoms. The van der Waals surface area contributed by atoms with Crippen molar-refractivity contribution in [2.75, 3.05) is 6.61 Å². The molecule has 1 aromatic heterocycles. The fourth-order valence-corrected chi connectivity index (χ4v) is 3.35. The van der Waals surface area contributed by atoms with Crippen molar-refractivity contribution in [2.24, 2.45) is 0 Å². The summed E-state index contributed by atoms with van der Waals surface area (Å²) in [5.41, 5.74) is 0.638. The number of hydrogen-bond donors (Lipinski definition) is 1. The zero-order valence-electron chi connectivity index (χ0n) is 16.5. The highest BCUT2D eigenvalue weighted by molar-refractivity contribution is 6.31. The van der Waals surface area contributed by atoms with Crippen molar-refractivity contribution in [1.82, 2.24) is 4.57 Å². The van der Waals surface area contributed by atoms with Gasteiger partial charge in [-0.2, -0.15) is 5.26 Å². The van der Waals surface area contributed by atoms with Crippen LogP contribution < -0.4 is 10.3 Å². The summed E-state index contributed by atoms with van der Waals surface area (Å²) in [6.45, 7) is 2.92. The Bertz CT molecular complexity index is 1220. The van der Waals surface area contributed by atoms with Crippen LogP contribution in [0.15, 0.2) is 53.3 Å². The van der Waals surface area contributed by atoms with Gasteiger partial charge >= 0.3 is 0 Å². The highest BCUT2D eigenvalue weighted by Crippen LogP contribution is 2.25. The Labute approximate surface area is 178 Å². The molecule has 0 atom stereocenters. The van der Waals surface area contributed by atoms with Crippen molar-refractivity contribution in [2.45, 2.75) is 20.4 Å². The Morgan fingerprint density at radius 3 is 2.60 bits per heavy atom. The lowest BCUT2D eigenvalue weighted by Crippen LogP contribution is -2.28. The third kappa shape index (κ3) is 4.22. The van der Waals surface area contributed by atoms with Gasteiger partial charge < -0.3 is 9.84 Å². The van der Waals surface area contributed by atoms with E-state index in [1.165, 1.54) is 6.92 Å². The second-order valence-electron chi connectivity index (χ2n) is 6.82. The minimum absolute atomic E-state index is 0.0850. The first kappa shape index (κ1) is 21.2. The molecule has 6 nitrogen and oxygen atoms in total. The highest BCUT2D eigenvalue weighted by Gasteiger charge is 2.24. The van der Waals surface area contributed by atoms with Crippen LogP contribution in [0.2, 0.25) is 5.02 Å². The van der Waals surface area contributed by atoms with E-state index < -0.39 is 17.2 Å². The van der Waals surface area contributed by atoms with E-state index in [0.29, 0.717) is 16.3 Å². The number of ether oxygens (including phenoxy) is 1. The van der Waals surface area contributed by atoms with Crippen LogP contribution in [0.3, 0.4) is 0 Å². The Morgan fingerprint density at radius 2 is 1.93 bits per heavy atom. The average Bonchev–Trinajstić information content (AvgIpc) is 2.71. The molecule has 2 aromatic carbocycles. The number of carbonyl (C=O) groups is 1. The van der Waals surface area contributed by atoms with Crippen LogP contribution in [0.5, 0.6) is 11.6 Å². The summed E-state index contributed by atoms with van der Waals surface area (Å²) in [4.78, 5) is 25.6. The predicted molar refractivity (Wildman–Crippen MR) is 113 cm³/mol. The van der Waals surface area contributed by atoms with Gasteiger partial charge in [0, 0.05) is 5.02 Å². The number of ketones is 1. The van der Waals surface area contributed by atoms with Crippen LogP contribution in [0, 0.1) is 25.2 Å². The lowest BCUT2D eigenvalue weighted by atomic mass is 10.0. The van der Waals surface area contributed by atoms with Gasteiger partial charge in [-0.25, -0.2) is 0 Å². The second kappa shape index (κ2) is 8.85. The maximum atomic E-state index is 12.9. The molecule has 0 unspecified atom stereocenters. The number of hydrogen-bond acceptors (Lipinski definition) is 5. The Balaban J connectivity index is 2.01. The molecule has 0 amide bonds. The molecular weight excluding hydrogens is 404 g/mol. The van der Waals surface area contributed by atoms with Gasteiger partial charge in [0.05, 0.1) is 12.1 Å². The molecule has 1 heterocycles. The molecule has 0 aliphatic rings. The Morgan fingerprint density at radius 1 is 1.20 bits per heavy atom. The molecule has 0 fully saturated rings. The van der Waals surface area contributed by atoms with Crippen molar-refractivity contribution in [3.05, 3.63) is 91.7 Å². The SMILES string of the molecule is Cc1cccc(OCC(=O)c2c(C)c(C#N)c(=O)n(Cc3ccccc3Cl)c2O)c1. The van der Waals surface area contributed by atoms with E-state index in [9.17, 15) is 20.0 Å². The number of nitrogens with zero attached hydrogens (tertiary/aromatic N) is 2. The first-order valence-electron chi connectivity index (χ1n) is 9.16. The quantitative estimate of drug-likeness (QED) is 0.606. The number of carbonyl (C=O) groups excluding carboxylic acids is 1. The normalized spacial score (nSPS) is 10.5. The molecule has 7 heteroatoms. The maximum absolute atomic E-state index is 12.9. The number of Topliss-reactive ketones (excluding diaryl/α,β-unsaturated/α-hetero) is 1. The molecule has 0 saturated carbocycles. The standard InChI is InChI=1S/C23H19ClN2O4/c1-14-6-5-8-17(10-14)30-13-20(27)21-15(2)18(11-25)22(28)26(23(21)29)12-16-7-3-4-9-19(16)24/h3-10,29H,12-13H2,1-2H3. The summed E-state index contributed by atoms with van der Waals surface area (Å²) in [6.07, 6.45) is 0. The van der Waals surface area contributed by atoms with Crippen LogP contribution in [-0.4, -0.2) is 22.1 Å². The topological polar surface area (TPSA) is 92.3 Å². The third-order valence-corrected chi connectivity index (χ3v) is 5.09. The van der Waals surface area contributed by atoms with Crippen molar-refractivity contribution in [1.29, 1.82) is 5.26 Å². The number of halogens is 1. The molecule has 0 spiro atoms. The van der Waals surface area contributed by atoms with Crippen molar-refractivity contribution in [3.63, 3.8) is 0 Å². The lowest BCUT2D eigenvalue weighted by molar-refractivity contribution is 0.0916. The summed E-state index contributed by atoms with van der Waals surface area (Å²) in [7, 11) is 0. The van der Waals surface area contributed by atoms with Gasteiger partial charge in [0.25, 0.3) is 5.56 Å². The van der Waals surface area contributed by atoms with E-state index in [2.05, 4.69) is 0 Å². The molecule has 0 saturated heterocycles. The summed E-state index contributed by atoms with van der Waals surface area (Å²) in [6, 6.07) is 15.9. The maximum Gasteiger partial charge on any atom is 0.271 e. The summed E-state index contributed by atoms with van der Waals surface area (Å²) < 4.78 is 6.52. The van der Waals surface area contributed by atoms with E-state index in [4.69, 9.17) is 16.3 Å². The first-order chi connectivity index (χ1) is 14.3. The van der Waals surface area contributed by atoms with Crippen molar-refractivity contribution in [3.8, 4) is 17.7 Å². The number of pyridine rings is 1. The van der Waals surface area contributed by atoms with Gasteiger partial charge in [0.2, 0.25) is 11.7 Å². The van der Waals surface area contributed by atoms with Gasteiger partial charge in [-0.3, -0.25) is 14.2 Å². The highest BCUT2D eigenvalue weighted by atomic mass is 35.5. The van der Waals surface area contributed by atoms with Crippen molar-refractivity contribution >= 4 is 17.4 Å². The summed E-state index contributed by atoms with van der Waals surface area (Å²) in [5.74, 6) is -0.560.